The van der Waals surface area contributed by atoms with Crippen molar-refractivity contribution in [1.82, 2.24) is 25.5 Å². The Morgan fingerprint density at radius 1 is 1.30 bits per heavy atom. The Bertz CT molecular complexity index is 730. The largest absolute Gasteiger partial charge is 0.454 e. The van der Waals surface area contributed by atoms with Crippen molar-refractivity contribution < 1.29 is 14.3 Å². The molecular formula is C15H17N5O3. The van der Waals surface area contributed by atoms with Crippen LogP contribution in [-0.2, 0) is 17.9 Å². The van der Waals surface area contributed by atoms with Crippen LogP contribution in [0, 0.1) is 0 Å². The molecule has 1 amide bonds. The number of hydrogen-bond acceptors (Lipinski definition) is 6. The Morgan fingerprint density at radius 2 is 2.22 bits per heavy atom. The number of aryl methyl sites for hydroxylation is 1. The molecule has 0 aliphatic carbocycles. The number of nitrogens with one attached hydrogen (secondary N) is 1. The number of aromatic nitrogens is 4. The minimum absolute atomic E-state index is 0.0411. The third-order valence-electron chi connectivity index (χ3n) is 4.20. The summed E-state index contributed by atoms with van der Waals surface area (Å²) in [6.45, 7) is 1.46. The van der Waals surface area contributed by atoms with Crippen molar-refractivity contribution in [2.24, 2.45) is 0 Å². The van der Waals surface area contributed by atoms with Gasteiger partial charge in [0.1, 0.15) is 0 Å². The topological polar surface area (TPSA) is 91.2 Å². The van der Waals surface area contributed by atoms with Crippen molar-refractivity contribution in [3.8, 4) is 11.5 Å². The first-order valence-corrected chi connectivity index (χ1v) is 7.73. The lowest BCUT2D eigenvalue weighted by Crippen LogP contribution is -2.30. The molecule has 1 atom stereocenters. The van der Waals surface area contributed by atoms with Gasteiger partial charge in [-0.3, -0.25) is 4.79 Å². The smallest absolute Gasteiger partial charge is 0.231 e. The summed E-state index contributed by atoms with van der Waals surface area (Å²) >= 11 is 0. The fourth-order valence-corrected chi connectivity index (χ4v) is 2.97. The maximum atomic E-state index is 12.5. The van der Waals surface area contributed by atoms with Gasteiger partial charge in [0.25, 0.3) is 0 Å². The number of amides is 1. The zero-order chi connectivity index (χ0) is 15.6. The van der Waals surface area contributed by atoms with Gasteiger partial charge >= 0.3 is 0 Å². The first kappa shape index (κ1) is 14.0. The Morgan fingerprint density at radius 3 is 3.17 bits per heavy atom. The van der Waals surface area contributed by atoms with Crippen molar-refractivity contribution in [3.05, 3.63) is 29.6 Å². The van der Waals surface area contributed by atoms with E-state index in [0.717, 1.165) is 42.9 Å². The summed E-state index contributed by atoms with van der Waals surface area (Å²) in [5.74, 6) is 1.78. The summed E-state index contributed by atoms with van der Waals surface area (Å²) < 4.78 is 12.4. The van der Waals surface area contributed by atoms with Crippen molar-refractivity contribution >= 4 is 5.91 Å². The molecule has 2 aliphatic rings. The second-order valence-corrected chi connectivity index (χ2v) is 5.71. The monoisotopic (exact) mass is 315 g/mol. The molecule has 1 unspecified atom stereocenters. The fourth-order valence-electron chi connectivity index (χ4n) is 2.97. The highest BCUT2D eigenvalue weighted by Crippen LogP contribution is 2.32. The molecule has 0 radical (unpaired) electrons. The summed E-state index contributed by atoms with van der Waals surface area (Å²) in [7, 11) is 0. The quantitative estimate of drug-likeness (QED) is 0.908. The zero-order valence-corrected chi connectivity index (χ0v) is 12.6. The Kier molecular flexibility index (Phi) is 3.57. The molecule has 0 saturated carbocycles. The Hall–Kier alpha value is -2.64. The maximum absolute atomic E-state index is 12.5. The molecule has 0 saturated heterocycles. The van der Waals surface area contributed by atoms with Gasteiger partial charge in [0, 0.05) is 13.1 Å². The van der Waals surface area contributed by atoms with E-state index in [1.165, 1.54) is 0 Å². The van der Waals surface area contributed by atoms with Crippen LogP contribution in [0.1, 0.15) is 36.6 Å². The van der Waals surface area contributed by atoms with Gasteiger partial charge < -0.3 is 14.8 Å². The van der Waals surface area contributed by atoms with E-state index in [-0.39, 0.29) is 18.6 Å². The predicted molar refractivity (Wildman–Crippen MR) is 78.8 cm³/mol. The lowest BCUT2D eigenvalue weighted by molar-refractivity contribution is -0.123. The van der Waals surface area contributed by atoms with E-state index in [1.807, 2.05) is 18.2 Å². The number of carbonyl (C=O) groups is 1. The maximum Gasteiger partial charge on any atom is 0.231 e. The van der Waals surface area contributed by atoms with Gasteiger partial charge in [0.15, 0.2) is 17.3 Å². The first-order valence-electron chi connectivity index (χ1n) is 7.73. The van der Waals surface area contributed by atoms with Gasteiger partial charge in [-0.2, -0.15) is 0 Å². The van der Waals surface area contributed by atoms with Crippen LogP contribution in [0.15, 0.2) is 18.2 Å². The molecule has 3 heterocycles. The predicted octanol–water partition coefficient (Wildman–Crippen LogP) is 0.986. The highest BCUT2D eigenvalue weighted by atomic mass is 16.7. The number of hydrogen-bond donors (Lipinski definition) is 1. The lowest BCUT2D eigenvalue weighted by atomic mass is 10.0. The number of rotatable bonds is 3. The molecule has 4 rings (SSSR count). The number of fused-ring (bicyclic) bond motifs is 2. The minimum atomic E-state index is -0.290. The molecule has 0 spiro atoms. The summed E-state index contributed by atoms with van der Waals surface area (Å²) in [6.07, 6.45) is 2.74. The molecular weight excluding hydrogens is 298 g/mol. The van der Waals surface area contributed by atoms with E-state index in [0.29, 0.717) is 12.4 Å². The molecule has 8 nitrogen and oxygen atoms in total. The van der Waals surface area contributed by atoms with Crippen LogP contribution in [0.25, 0.3) is 0 Å². The molecule has 120 valence electrons. The average Bonchev–Trinajstić information content (AvgIpc) is 3.17. The van der Waals surface area contributed by atoms with Crippen LogP contribution in [0.5, 0.6) is 11.5 Å². The lowest BCUT2D eigenvalue weighted by Gasteiger charge is -2.13. The molecule has 0 fully saturated rings. The summed E-state index contributed by atoms with van der Waals surface area (Å²) in [4.78, 5) is 12.5. The SMILES string of the molecule is O=C(NCc1ccc2c(c1)OCO2)C1CCCCn2nnnc21. The number of ether oxygens (including phenoxy) is 2. The highest BCUT2D eigenvalue weighted by Gasteiger charge is 2.28. The van der Waals surface area contributed by atoms with Crippen LogP contribution in [0.4, 0.5) is 0 Å². The van der Waals surface area contributed by atoms with Crippen molar-refractivity contribution in [2.75, 3.05) is 6.79 Å². The molecule has 1 aromatic carbocycles. The van der Waals surface area contributed by atoms with Gasteiger partial charge in [-0.15, -0.1) is 5.10 Å². The number of benzene rings is 1. The normalized spacial score (nSPS) is 19.0. The van der Waals surface area contributed by atoms with E-state index in [2.05, 4.69) is 20.8 Å². The molecule has 1 aromatic heterocycles. The van der Waals surface area contributed by atoms with E-state index in [4.69, 9.17) is 9.47 Å². The second kappa shape index (κ2) is 5.86. The summed E-state index contributed by atoms with van der Waals surface area (Å²) in [6, 6.07) is 5.67. The summed E-state index contributed by atoms with van der Waals surface area (Å²) in [5, 5.41) is 14.6. The third-order valence-corrected chi connectivity index (χ3v) is 4.20. The van der Waals surface area contributed by atoms with Crippen LogP contribution >= 0.6 is 0 Å². The van der Waals surface area contributed by atoms with Crippen LogP contribution < -0.4 is 14.8 Å². The number of tetrazole rings is 1. The van der Waals surface area contributed by atoms with E-state index < -0.39 is 0 Å². The van der Waals surface area contributed by atoms with E-state index >= 15 is 0 Å². The van der Waals surface area contributed by atoms with E-state index in [1.54, 1.807) is 4.68 Å². The van der Waals surface area contributed by atoms with Gasteiger partial charge in [-0.1, -0.05) is 12.5 Å². The third kappa shape index (κ3) is 2.71. The average molecular weight is 315 g/mol. The molecule has 2 aromatic rings. The standard InChI is InChI=1S/C15H17N5O3/c21-15(11-3-1-2-6-20-14(11)17-18-19-20)16-8-10-4-5-12-13(7-10)23-9-22-12/h4-5,7,11H,1-3,6,8-9H2,(H,16,21). The van der Waals surface area contributed by atoms with Crippen LogP contribution in [-0.4, -0.2) is 32.9 Å². The first-order chi connectivity index (χ1) is 11.3. The van der Waals surface area contributed by atoms with Gasteiger partial charge in [0.2, 0.25) is 12.7 Å². The molecule has 1 N–H and O–H groups in total. The molecule has 23 heavy (non-hydrogen) atoms. The number of carbonyl (C=O) groups excluding carboxylic acids is 1. The summed E-state index contributed by atoms with van der Waals surface area (Å²) in [5.41, 5.74) is 0.968. The Labute approximate surface area is 132 Å². The molecule has 0 bridgehead atoms. The van der Waals surface area contributed by atoms with Gasteiger partial charge in [-0.05, 0) is 41.0 Å². The van der Waals surface area contributed by atoms with Crippen LogP contribution in [0.2, 0.25) is 0 Å². The minimum Gasteiger partial charge on any atom is -0.454 e. The van der Waals surface area contributed by atoms with Gasteiger partial charge in [-0.25, -0.2) is 4.68 Å². The zero-order valence-electron chi connectivity index (χ0n) is 12.6. The molecule has 8 heteroatoms. The van der Waals surface area contributed by atoms with Crippen LogP contribution in [0.3, 0.4) is 0 Å². The molecule has 2 aliphatic heterocycles. The second-order valence-electron chi connectivity index (χ2n) is 5.71. The Balaban J connectivity index is 1.44. The fraction of sp³-hybridized carbons (Fsp3) is 0.467. The van der Waals surface area contributed by atoms with Crippen molar-refractivity contribution in [1.29, 1.82) is 0 Å². The van der Waals surface area contributed by atoms with E-state index in [9.17, 15) is 4.79 Å². The van der Waals surface area contributed by atoms with Crippen molar-refractivity contribution in [2.45, 2.75) is 38.3 Å². The van der Waals surface area contributed by atoms with Crippen molar-refractivity contribution in [3.63, 3.8) is 0 Å². The highest BCUT2D eigenvalue weighted by molar-refractivity contribution is 5.82. The number of nitrogens with zero attached hydrogens (tertiary/aromatic N) is 4. The van der Waals surface area contributed by atoms with Gasteiger partial charge in [0.05, 0.1) is 5.92 Å².